The Morgan fingerprint density at radius 1 is 1.64 bits per heavy atom. The van der Waals surface area contributed by atoms with Crippen molar-refractivity contribution in [3.63, 3.8) is 0 Å². The minimum atomic E-state index is -0.322. The standard InChI is InChI=1S/C10H20N2OS/c1-3-4-8(11)9(13)12-7-10(14-2)5-6-10/h8H,3-7,11H2,1-2H3,(H,12,13)/t8-/m0/s1. The van der Waals surface area contributed by atoms with Gasteiger partial charge in [0.15, 0.2) is 0 Å². The van der Waals surface area contributed by atoms with Crippen molar-refractivity contribution in [1.29, 1.82) is 0 Å². The van der Waals surface area contributed by atoms with Crippen molar-refractivity contribution in [1.82, 2.24) is 5.32 Å². The second-order valence-electron chi connectivity index (χ2n) is 4.00. The van der Waals surface area contributed by atoms with Gasteiger partial charge in [0.1, 0.15) is 0 Å². The summed E-state index contributed by atoms with van der Waals surface area (Å²) < 4.78 is 0.335. The van der Waals surface area contributed by atoms with Crippen LogP contribution in [-0.4, -0.2) is 29.5 Å². The SMILES string of the molecule is CCC[C@H](N)C(=O)NCC1(SC)CC1. The van der Waals surface area contributed by atoms with Crippen molar-refractivity contribution in [2.75, 3.05) is 12.8 Å². The fourth-order valence-electron chi connectivity index (χ4n) is 1.41. The van der Waals surface area contributed by atoms with Crippen LogP contribution >= 0.6 is 11.8 Å². The van der Waals surface area contributed by atoms with Gasteiger partial charge in [0, 0.05) is 11.3 Å². The summed E-state index contributed by atoms with van der Waals surface area (Å²) in [6.07, 6.45) is 6.28. The third-order valence-corrected chi connectivity index (χ3v) is 4.18. The Morgan fingerprint density at radius 2 is 2.29 bits per heavy atom. The van der Waals surface area contributed by atoms with Gasteiger partial charge in [-0.3, -0.25) is 4.79 Å². The van der Waals surface area contributed by atoms with E-state index in [0.717, 1.165) is 19.4 Å². The molecule has 0 saturated heterocycles. The van der Waals surface area contributed by atoms with E-state index in [-0.39, 0.29) is 11.9 Å². The number of nitrogens with one attached hydrogen (secondary N) is 1. The molecule has 0 bridgehead atoms. The summed E-state index contributed by atoms with van der Waals surface area (Å²) >= 11 is 1.85. The number of hydrogen-bond donors (Lipinski definition) is 2. The molecule has 0 radical (unpaired) electrons. The van der Waals surface area contributed by atoms with Crippen LogP contribution in [-0.2, 0) is 4.79 Å². The van der Waals surface area contributed by atoms with Crippen molar-refractivity contribution in [3.8, 4) is 0 Å². The third-order valence-electron chi connectivity index (χ3n) is 2.76. The van der Waals surface area contributed by atoms with Crippen LogP contribution in [0.3, 0.4) is 0 Å². The molecule has 0 heterocycles. The average molecular weight is 216 g/mol. The lowest BCUT2D eigenvalue weighted by atomic mass is 10.1. The molecule has 1 aliphatic carbocycles. The van der Waals surface area contributed by atoms with E-state index in [2.05, 4.69) is 11.6 Å². The van der Waals surface area contributed by atoms with Gasteiger partial charge in [-0.25, -0.2) is 0 Å². The predicted molar refractivity (Wildman–Crippen MR) is 61.4 cm³/mol. The Bertz CT molecular complexity index is 204. The zero-order chi connectivity index (χ0) is 10.6. The molecule has 1 amide bonds. The van der Waals surface area contributed by atoms with Gasteiger partial charge in [0.25, 0.3) is 0 Å². The number of amides is 1. The van der Waals surface area contributed by atoms with Crippen LogP contribution < -0.4 is 11.1 Å². The maximum Gasteiger partial charge on any atom is 0.236 e. The lowest BCUT2D eigenvalue weighted by Gasteiger charge is -2.15. The highest BCUT2D eigenvalue weighted by Gasteiger charge is 2.42. The van der Waals surface area contributed by atoms with Gasteiger partial charge in [-0.15, -0.1) is 0 Å². The van der Waals surface area contributed by atoms with Crippen molar-refractivity contribution in [3.05, 3.63) is 0 Å². The summed E-state index contributed by atoms with van der Waals surface area (Å²) in [5, 5.41) is 2.94. The lowest BCUT2D eigenvalue weighted by molar-refractivity contribution is -0.122. The molecule has 1 rings (SSSR count). The topological polar surface area (TPSA) is 55.1 Å². The van der Waals surface area contributed by atoms with E-state index in [1.165, 1.54) is 12.8 Å². The summed E-state index contributed by atoms with van der Waals surface area (Å²) in [5.41, 5.74) is 5.70. The highest BCUT2D eigenvalue weighted by Crippen LogP contribution is 2.46. The monoisotopic (exact) mass is 216 g/mol. The van der Waals surface area contributed by atoms with Gasteiger partial charge >= 0.3 is 0 Å². The summed E-state index contributed by atoms with van der Waals surface area (Å²) in [6.45, 7) is 2.82. The van der Waals surface area contributed by atoms with Gasteiger partial charge < -0.3 is 11.1 Å². The summed E-state index contributed by atoms with van der Waals surface area (Å²) in [5.74, 6) is 0.00664. The Hall–Kier alpha value is -0.220. The molecular formula is C10H20N2OS. The van der Waals surface area contributed by atoms with E-state index in [1.807, 2.05) is 18.7 Å². The molecule has 14 heavy (non-hydrogen) atoms. The Labute approximate surface area is 90.2 Å². The van der Waals surface area contributed by atoms with E-state index in [9.17, 15) is 4.79 Å². The van der Waals surface area contributed by atoms with Crippen LogP contribution in [0, 0.1) is 0 Å². The highest BCUT2D eigenvalue weighted by atomic mass is 32.2. The number of carbonyl (C=O) groups is 1. The highest BCUT2D eigenvalue weighted by molar-refractivity contribution is 8.00. The first kappa shape index (κ1) is 11.9. The molecule has 0 aromatic rings. The summed E-state index contributed by atoms with van der Waals surface area (Å²) in [4.78, 5) is 11.5. The molecule has 1 fully saturated rings. The van der Waals surface area contributed by atoms with Gasteiger partial charge in [-0.2, -0.15) is 11.8 Å². The molecule has 0 aromatic heterocycles. The molecular weight excluding hydrogens is 196 g/mol. The van der Waals surface area contributed by atoms with Crippen LogP contribution in [0.5, 0.6) is 0 Å². The van der Waals surface area contributed by atoms with Gasteiger partial charge in [0.05, 0.1) is 6.04 Å². The van der Waals surface area contributed by atoms with E-state index in [1.54, 1.807) is 0 Å². The number of nitrogens with two attached hydrogens (primary N) is 1. The second kappa shape index (κ2) is 5.03. The first-order valence-corrected chi connectivity index (χ1v) is 6.44. The normalized spacial score (nSPS) is 20.2. The molecule has 0 unspecified atom stereocenters. The summed E-state index contributed by atoms with van der Waals surface area (Å²) in [7, 11) is 0. The fourth-order valence-corrected chi connectivity index (χ4v) is 2.14. The van der Waals surface area contributed by atoms with Gasteiger partial charge in [-0.1, -0.05) is 13.3 Å². The third kappa shape index (κ3) is 3.17. The van der Waals surface area contributed by atoms with Crippen molar-refractivity contribution in [2.45, 2.75) is 43.4 Å². The molecule has 0 spiro atoms. The maximum atomic E-state index is 11.5. The largest absolute Gasteiger partial charge is 0.353 e. The molecule has 0 aliphatic heterocycles. The van der Waals surface area contributed by atoms with Crippen LogP contribution in [0.4, 0.5) is 0 Å². The van der Waals surface area contributed by atoms with E-state index in [0.29, 0.717) is 4.75 Å². The van der Waals surface area contributed by atoms with Crippen LogP contribution in [0.2, 0.25) is 0 Å². The zero-order valence-electron chi connectivity index (χ0n) is 9.01. The second-order valence-corrected chi connectivity index (χ2v) is 5.27. The van der Waals surface area contributed by atoms with E-state index >= 15 is 0 Å². The van der Waals surface area contributed by atoms with Crippen molar-refractivity contribution < 1.29 is 4.79 Å². The Balaban J connectivity index is 2.20. The lowest BCUT2D eigenvalue weighted by Crippen LogP contribution is -2.43. The van der Waals surface area contributed by atoms with Gasteiger partial charge in [0.2, 0.25) is 5.91 Å². The first-order valence-electron chi connectivity index (χ1n) is 5.22. The zero-order valence-corrected chi connectivity index (χ0v) is 9.82. The maximum absolute atomic E-state index is 11.5. The molecule has 4 heteroatoms. The molecule has 1 aliphatic rings. The summed E-state index contributed by atoms with van der Waals surface area (Å²) in [6, 6.07) is -0.322. The minimum absolute atomic E-state index is 0.00664. The van der Waals surface area contributed by atoms with E-state index < -0.39 is 0 Å². The van der Waals surface area contributed by atoms with Crippen molar-refractivity contribution >= 4 is 17.7 Å². The smallest absolute Gasteiger partial charge is 0.236 e. The Morgan fingerprint density at radius 3 is 2.71 bits per heavy atom. The molecule has 0 aromatic carbocycles. The Kier molecular flexibility index (Phi) is 4.26. The number of carbonyl (C=O) groups excluding carboxylic acids is 1. The molecule has 1 atom stereocenters. The van der Waals surface area contributed by atoms with Crippen LogP contribution in [0.25, 0.3) is 0 Å². The molecule has 3 N–H and O–H groups in total. The first-order chi connectivity index (χ1) is 6.63. The predicted octanol–water partition coefficient (Wildman–Crippen LogP) is 1.13. The number of hydrogen-bond acceptors (Lipinski definition) is 3. The van der Waals surface area contributed by atoms with E-state index in [4.69, 9.17) is 5.73 Å². The number of thioether (sulfide) groups is 1. The quantitative estimate of drug-likeness (QED) is 0.699. The fraction of sp³-hybridized carbons (Fsp3) is 0.900. The van der Waals surface area contributed by atoms with Gasteiger partial charge in [-0.05, 0) is 25.5 Å². The van der Waals surface area contributed by atoms with Crippen LogP contribution in [0.15, 0.2) is 0 Å². The molecule has 3 nitrogen and oxygen atoms in total. The number of rotatable bonds is 6. The van der Waals surface area contributed by atoms with Crippen LogP contribution in [0.1, 0.15) is 32.6 Å². The minimum Gasteiger partial charge on any atom is -0.353 e. The molecule has 82 valence electrons. The van der Waals surface area contributed by atoms with Crippen molar-refractivity contribution in [2.24, 2.45) is 5.73 Å². The molecule has 1 saturated carbocycles. The average Bonchev–Trinajstić information content (AvgIpc) is 2.95.